The zero-order valence-corrected chi connectivity index (χ0v) is 10.3. The average Bonchev–Trinajstić information content (AvgIpc) is 1.82. The van der Waals surface area contributed by atoms with Gasteiger partial charge in [-0.2, -0.15) is 23.5 Å². The van der Waals surface area contributed by atoms with Crippen molar-refractivity contribution >= 4 is 23.5 Å². The van der Waals surface area contributed by atoms with E-state index in [9.17, 15) is 0 Å². The topological polar surface area (TPSA) is 0 Å². The number of hydrogen-bond donors (Lipinski definition) is 0. The minimum atomic E-state index is 0.547. The molecule has 0 aromatic heterocycles. The summed E-state index contributed by atoms with van der Waals surface area (Å²) in [5.41, 5.74) is 1.09. The fourth-order valence-electron chi connectivity index (χ4n) is 1.29. The van der Waals surface area contributed by atoms with Crippen LogP contribution >= 0.6 is 23.5 Å². The molecule has 1 saturated heterocycles. The highest BCUT2D eigenvalue weighted by molar-refractivity contribution is 8.00. The Morgan fingerprint density at radius 2 is 0.917 bits per heavy atom. The van der Waals surface area contributed by atoms with Gasteiger partial charge < -0.3 is 0 Å². The second-order valence-corrected chi connectivity index (χ2v) is 7.29. The van der Waals surface area contributed by atoms with E-state index in [2.05, 4.69) is 51.2 Å². The summed E-state index contributed by atoms with van der Waals surface area (Å²) in [4.78, 5) is 0. The molecule has 1 fully saturated rings. The van der Waals surface area contributed by atoms with E-state index >= 15 is 0 Å². The Labute approximate surface area is 85.3 Å². The van der Waals surface area contributed by atoms with Gasteiger partial charge in [0.25, 0.3) is 0 Å². The van der Waals surface area contributed by atoms with Gasteiger partial charge in [-0.25, -0.2) is 0 Å². The molecule has 12 heavy (non-hydrogen) atoms. The molecule has 0 atom stereocenters. The molecule has 1 rings (SSSR count). The summed E-state index contributed by atoms with van der Waals surface area (Å²) in [7, 11) is 0. The highest BCUT2D eigenvalue weighted by Gasteiger charge is 2.26. The molecule has 0 N–H and O–H groups in total. The lowest BCUT2D eigenvalue weighted by atomic mass is 9.99. The summed E-state index contributed by atoms with van der Waals surface area (Å²) in [5.74, 6) is 5.29. The summed E-state index contributed by atoms with van der Waals surface area (Å²) < 4.78 is 0. The third kappa shape index (κ3) is 3.61. The van der Waals surface area contributed by atoms with E-state index in [1.165, 1.54) is 23.0 Å². The molecular weight excluding hydrogens is 184 g/mol. The lowest BCUT2D eigenvalue weighted by molar-refractivity contribution is 0.462. The van der Waals surface area contributed by atoms with Crippen LogP contribution in [0, 0.1) is 10.8 Å². The van der Waals surface area contributed by atoms with E-state index in [0.717, 1.165) is 0 Å². The molecule has 1 aliphatic rings. The molecule has 0 spiro atoms. The molecular formula is C10H20S2. The maximum Gasteiger partial charge on any atom is -0.000799 e. The van der Waals surface area contributed by atoms with E-state index < -0.39 is 0 Å². The highest BCUT2D eigenvalue weighted by Crippen LogP contribution is 2.36. The van der Waals surface area contributed by atoms with Crippen molar-refractivity contribution in [1.82, 2.24) is 0 Å². The van der Waals surface area contributed by atoms with Gasteiger partial charge in [-0.3, -0.25) is 0 Å². The Morgan fingerprint density at radius 3 is 1.17 bits per heavy atom. The van der Waals surface area contributed by atoms with Crippen LogP contribution in [0.2, 0.25) is 0 Å². The van der Waals surface area contributed by atoms with E-state index in [-0.39, 0.29) is 0 Å². The summed E-state index contributed by atoms with van der Waals surface area (Å²) >= 11 is 4.26. The van der Waals surface area contributed by atoms with Crippen molar-refractivity contribution in [1.29, 1.82) is 0 Å². The van der Waals surface area contributed by atoms with Gasteiger partial charge >= 0.3 is 0 Å². The van der Waals surface area contributed by atoms with Gasteiger partial charge in [0, 0.05) is 0 Å². The number of thioether (sulfide) groups is 2. The van der Waals surface area contributed by atoms with E-state index in [1.54, 1.807) is 0 Å². The summed E-state index contributed by atoms with van der Waals surface area (Å²) in [6.45, 7) is 9.52. The Kier molecular flexibility index (Phi) is 3.44. The standard InChI is InChI=1S/C10H20S2/c1-9(2)5-11-7-10(3,4)8-12-6-9/h5-8H2,1-4H3. The summed E-state index contributed by atoms with van der Waals surface area (Å²) in [5, 5.41) is 0. The number of rotatable bonds is 0. The van der Waals surface area contributed by atoms with Crippen molar-refractivity contribution in [3.05, 3.63) is 0 Å². The predicted molar refractivity (Wildman–Crippen MR) is 62.2 cm³/mol. The Morgan fingerprint density at radius 1 is 0.667 bits per heavy atom. The minimum absolute atomic E-state index is 0.547. The van der Waals surface area contributed by atoms with Crippen molar-refractivity contribution in [2.45, 2.75) is 27.7 Å². The molecule has 1 heterocycles. The first-order valence-electron chi connectivity index (χ1n) is 4.57. The molecule has 0 aromatic carbocycles. The Balaban J connectivity index is 2.45. The van der Waals surface area contributed by atoms with Gasteiger partial charge in [0.1, 0.15) is 0 Å². The van der Waals surface area contributed by atoms with Crippen molar-refractivity contribution in [3.8, 4) is 0 Å². The largest absolute Gasteiger partial charge is 0.161 e. The van der Waals surface area contributed by atoms with Crippen LogP contribution in [-0.4, -0.2) is 23.0 Å². The first kappa shape index (κ1) is 10.8. The molecule has 72 valence electrons. The van der Waals surface area contributed by atoms with Gasteiger partial charge in [-0.1, -0.05) is 27.7 Å². The molecule has 0 unspecified atom stereocenters. The van der Waals surface area contributed by atoms with Crippen LogP contribution in [0.4, 0.5) is 0 Å². The second-order valence-electron chi connectivity index (χ2n) is 5.31. The fraction of sp³-hybridized carbons (Fsp3) is 1.00. The van der Waals surface area contributed by atoms with Gasteiger partial charge in [-0.15, -0.1) is 0 Å². The van der Waals surface area contributed by atoms with E-state index in [4.69, 9.17) is 0 Å². The lowest BCUT2D eigenvalue weighted by Gasteiger charge is -2.32. The molecule has 2 heteroatoms. The molecule has 0 nitrogen and oxygen atoms in total. The van der Waals surface area contributed by atoms with Crippen LogP contribution < -0.4 is 0 Å². The predicted octanol–water partition coefficient (Wildman–Crippen LogP) is 3.52. The van der Waals surface area contributed by atoms with Crippen LogP contribution in [-0.2, 0) is 0 Å². The Bertz CT molecular complexity index is 120. The summed E-state index contributed by atoms with van der Waals surface area (Å²) in [6, 6.07) is 0. The van der Waals surface area contributed by atoms with Crippen LogP contribution in [0.5, 0.6) is 0 Å². The molecule has 0 aliphatic carbocycles. The molecule has 1 aliphatic heterocycles. The zero-order chi connectivity index (χ0) is 9.24. The third-order valence-corrected chi connectivity index (χ3v) is 5.91. The van der Waals surface area contributed by atoms with Crippen LogP contribution in [0.15, 0.2) is 0 Å². The van der Waals surface area contributed by atoms with E-state index in [1.807, 2.05) is 0 Å². The van der Waals surface area contributed by atoms with Gasteiger partial charge in [0.2, 0.25) is 0 Å². The van der Waals surface area contributed by atoms with Crippen molar-refractivity contribution in [3.63, 3.8) is 0 Å². The SMILES string of the molecule is CC1(C)CSCC(C)(C)CSC1. The molecule has 0 amide bonds. The highest BCUT2D eigenvalue weighted by atomic mass is 32.2. The van der Waals surface area contributed by atoms with Gasteiger partial charge in [0.05, 0.1) is 0 Å². The van der Waals surface area contributed by atoms with Crippen LogP contribution in [0.1, 0.15) is 27.7 Å². The average molecular weight is 204 g/mol. The molecule has 0 aromatic rings. The zero-order valence-electron chi connectivity index (χ0n) is 8.64. The van der Waals surface area contributed by atoms with Crippen molar-refractivity contribution in [2.75, 3.05) is 23.0 Å². The van der Waals surface area contributed by atoms with E-state index in [0.29, 0.717) is 10.8 Å². The van der Waals surface area contributed by atoms with Gasteiger partial charge in [-0.05, 0) is 33.8 Å². The molecule has 0 radical (unpaired) electrons. The maximum absolute atomic E-state index is 2.38. The van der Waals surface area contributed by atoms with Crippen molar-refractivity contribution < 1.29 is 0 Å². The smallest absolute Gasteiger partial charge is 0.000799 e. The monoisotopic (exact) mass is 204 g/mol. The molecule has 0 saturated carbocycles. The quantitative estimate of drug-likeness (QED) is 0.592. The maximum atomic E-state index is 2.38. The molecule has 0 bridgehead atoms. The van der Waals surface area contributed by atoms with Crippen molar-refractivity contribution in [2.24, 2.45) is 10.8 Å². The minimum Gasteiger partial charge on any atom is -0.161 e. The Hall–Kier alpha value is 0.700. The van der Waals surface area contributed by atoms with Gasteiger partial charge in [0.15, 0.2) is 0 Å². The van der Waals surface area contributed by atoms with Crippen LogP contribution in [0.25, 0.3) is 0 Å². The third-order valence-electron chi connectivity index (χ3n) is 1.97. The van der Waals surface area contributed by atoms with Crippen LogP contribution in [0.3, 0.4) is 0 Å². The normalized spacial score (nSPS) is 29.0. The summed E-state index contributed by atoms with van der Waals surface area (Å²) in [6.07, 6.45) is 0. The first-order valence-corrected chi connectivity index (χ1v) is 6.88. The number of hydrogen-bond acceptors (Lipinski definition) is 2. The fourth-order valence-corrected chi connectivity index (χ4v) is 4.37. The first-order chi connectivity index (χ1) is 5.41. The lowest BCUT2D eigenvalue weighted by Crippen LogP contribution is -2.27. The second kappa shape index (κ2) is 3.83.